The fourth-order valence-electron chi connectivity index (χ4n) is 2.84. The van der Waals surface area contributed by atoms with Crippen LogP contribution in [0.5, 0.6) is 0 Å². The van der Waals surface area contributed by atoms with E-state index in [0.717, 1.165) is 41.2 Å². The highest BCUT2D eigenvalue weighted by Crippen LogP contribution is 2.30. The summed E-state index contributed by atoms with van der Waals surface area (Å²) in [6, 6.07) is 1.94. The summed E-state index contributed by atoms with van der Waals surface area (Å²) in [5, 5.41) is 2.96. The van der Waals surface area contributed by atoms with Gasteiger partial charge in [0.05, 0.1) is 11.3 Å². The van der Waals surface area contributed by atoms with E-state index in [1.807, 2.05) is 31.2 Å². The van der Waals surface area contributed by atoms with E-state index in [2.05, 4.69) is 27.9 Å². The number of aromatic amines is 1. The SMILES string of the molecule is CCN=C1C=C=CC=C1c1cc2c([nH]1)C(CC)CNC2=O. The van der Waals surface area contributed by atoms with Crippen LogP contribution in [0, 0.1) is 0 Å². The van der Waals surface area contributed by atoms with Crippen LogP contribution in [-0.2, 0) is 0 Å². The van der Waals surface area contributed by atoms with Gasteiger partial charge in [-0.1, -0.05) is 6.92 Å². The Kier molecular flexibility index (Phi) is 3.63. The molecule has 3 rings (SSSR count). The Morgan fingerprint density at radius 1 is 1.43 bits per heavy atom. The summed E-state index contributed by atoms with van der Waals surface area (Å²) >= 11 is 0. The topological polar surface area (TPSA) is 57.2 Å². The Bertz CT molecular complexity index is 700. The maximum Gasteiger partial charge on any atom is 0.253 e. The zero-order valence-corrected chi connectivity index (χ0v) is 12.4. The third-order valence-electron chi connectivity index (χ3n) is 3.96. The highest BCUT2D eigenvalue weighted by molar-refractivity contribution is 6.29. The molecule has 1 aliphatic carbocycles. The Morgan fingerprint density at radius 2 is 2.29 bits per heavy atom. The van der Waals surface area contributed by atoms with Gasteiger partial charge in [-0.3, -0.25) is 9.79 Å². The largest absolute Gasteiger partial charge is 0.357 e. The van der Waals surface area contributed by atoms with Crippen molar-refractivity contribution >= 4 is 17.2 Å². The molecular formula is C17H19N3O. The number of carbonyl (C=O) groups excluding carboxylic acids is 1. The summed E-state index contributed by atoms with van der Waals surface area (Å²) in [7, 11) is 0. The lowest BCUT2D eigenvalue weighted by molar-refractivity contribution is 0.0939. The molecule has 1 atom stereocenters. The first-order valence-electron chi connectivity index (χ1n) is 7.43. The fourth-order valence-corrected chi connectivity index (χ4v) is 2.84. The number of rotatable bonds is 3. The number of hydrogen-bond acceptors (Lipinski definition) is 2. The predicted octanol–water partition coefficient (Wildman–Crippen LogP) is 2.82. The van der Waals surface area contributed by atoms with Crippen molar-refractivity contribution in [3.05, 3.63) is 47.0 Å². The van der Waals surface area contributed by atoms with Gasteiger partial charge in [0.1, 0.15) is 0 Å². The molecule has 0 spiro atoms. The van der Waals surface area contributed by atoms with E-state index in [1.165, 1.54) is 0 Å². The summed E-state index contributed by atoms with van der Waals surface area (Å²) in [5.41, 5.74) is 7.76. The van der Waals surface area contributed by atoms with Gasteiger partial charge in [0.25, 0.3) is 5.91 Å². The molecular weight excluding hydrogens is 262 g/mol. The van der Waals surface area contributed by atoms with Crippen LogP contribution < -0.4 is 5.32 Å². The van der Waals surface area contributed by atoms with E-state index in [0.29, 0.717) is 12.5 Å². The molecule has 0 saturated heterocycles. The highest BCUT2D eigenvalue weighted by Gasteiger charge is 2.27. The van der Waals surface area contributed by atoms with E-state index >= 15 is 0 Å². The highest BCUT2D eigenvalue weighted by atomic mass is 16.1. The van der Waals surface area contributed by atoms with E-state index in [-0.39, 0.29) is 5.91 Å². The number of aromatic nitrogens is 1. The standard InChI is InChI=1S/C17H19N3O/c1-3-11-10-19-17(21)13-9-15(20-16(11)13)12-7-5-6-8-14(12)18-4-2/h5,7-9,11,20H,3-4,10H2,1-2H3,(H,19,21). The number of amides is 1. The van der Waals surface area contributed by atoms with Crippen LogP contribution in [0.25, 0.3) is 5.57 Å². The molecule has 0 saturated carbocycles. The summed E-state index contributed by atoms with van der Waals surface area (Å²) in [5.74, 6) is 0.363. The van der Waals surface area contributed by atoms with Gasteiger partial charge in [0.2, 0.25) is 0 Å². The van der Waals surface area contributed by atoms with Crippen molar-refractivity contribution in [2.45, 2.75) is 26.2 Å². The molecule has 4 nitrogen and oxygen atoms in total. The second kappa shape index (κ2) is 5.58. The zero-order valence-electron chi connectivity index (χ0n) is 12.4. The quantitative estimate of drug-likeness (QED) is 0.822. The average Bonchev–Trinajstić information content (AvgIpc) is 2.94. The van der Waals surface area contributed by atoms with Crippen molar-refractivity contribution in [1.29, 1.82) is 0 Å². The van der Waals surface area contributed by atoms with Crippen LogP contribution in [0.2, 0.25) is 0 Å². The van der Waals surface area contributed by atoms with Crippen LogP contribution >= 0.6 is 0 Å². The van der Waals surface area contributed by atoms with Gasteiger partial charge in [-0.25, -0.2) is 0 Å². The van der Waals surface area contributed by atoms with Gasteiger partial charge in [0, 0.05) is 42.0 Å². The lowest BCUT2D eigenvalue weighted by atomic mass is 9.95. The number of nitrogens with one attached hydrogen (secondary N) is 2. The summed E-state index contributed by atoms with van der Waals surface area (Å²) in [4.78, 5) is 20.0. The Labute approximate surface area is 124 Å². The normalized spacial score (nSPS) is 22.2. The first kappa shape index (κ1) is 13.7. The minimum absolute atomic E-state index is 0.00803. The van der Waals surface area contributed by atoms with E-state index in [9.17, 15) is 4.79 Å². The zero-order chi connectivity index (χ0) is 14.8. The number of carbonyl (C=O) groups is 1. The Morgan fingerprint density at radius 3 is 3.05 bits per heavy atom. The number of H-pyrrole nitrogens is 1. The van der Waals surface area contributed by atoms with Crippen molar-refractivity contribution in [2.75, 3.05) is 13.1 Å². The molecule has 1 amide bonds. The molecule has 4 heteroatoms. The lowest BCUT2D eigenvalue weighted by Crippen LogP contribution is -2.34. The van der Waals surface area contributed by atoms with Crippen LogP contribution in [0.1, 0.15) is 47.9 Å². The monoisotopic (exact) mass is 281 g/mol. The summed E-state index contributed by atoms with van der Waals surface area (Å²) < 4.78 is 0. The Hall–Kier alpha value is -2.32. The number of allylic oxidation sites excluding steroid dienone is 3. The van der Waals surface area contributed by atoms with Crippen molar-refractivity contribution in [3.63, 3.8) is 0 Å². The van der Waals surface area contributed by atoms with E-state index in [4.69, 9.17) is 0 Å². The number of aliphatic imine (C=N–C) groups is 1. The van der Waals surface area contributed by atoms with Crippen molar-refractivity contribution in [2.24, 2.45) is 4.99 Å². The van der Waals surface area contributed by atoms with Gasteiger partial charge in [0.15, 0.2) is 0 Å². The molecule has 1 aromatic rings. The second-order valence-electron chi connectivity index (χ2n) is 5.24. The molecule has 0 aromatic carbocycles. The molecule has 2 aliphatic rings. The number of fused-ring (bicyclic) bond motifs is 1. The minimum atomic E-state index is 0.00803. The van der Waals surface area contributed by atoms with Gasteiger partial charge < -0.3 is 10.3 Å². The van der Waals surface area contributed by atoms with Gasteiger partial charge in [-0.05, 0) is 31.6 Å². The Balaban J connectivity index is 2.05. The van der Waals surface area contributed by atoms with Gasteiger partial charge >= 0.3 is 0 Å². The lowest BCUT2D eigenvalue weighted by Gasteiger charge is -2.21. The summed E-state index contributed by atoms with van der Waals surface area (Å²) in [6.45, 7) is 5.58. The average molecular weight is 281 g/mol. The van der Waals surface area contributed by atoms with E-state index < -0.39 is 0 Å². The molecule has 0 fully saturated rings. The van der Waals surface area contributed by atoms with Gasteiger partial charge in [-0.15, -0.1) is 5.73 Å². The summed E-state index contributed by atoms with van der Waals surface area (Å²) in [6.07, 6.45) is 6.75. The molecule has 0 bridgehead atoms. The smallest absolute Gasteiger partial charge is 0.253 e. The van der Waals surface area contributed by atoms with Crippen molar-refractivity contribution < 1.29 is 4.79 Å². The molecule has 108 valence electrons. The molecule has 2 heterocycles. The maximum absolute atomic E-state index is 12.0. The number of hydrogen-bond donors (Lipinski definition) is 2. The van der Waals surface area contributed by atoms with Crippen molar-refractivity contribution in [3.8, 4) is 0 Å². The first-order valence-corrected chi connectivity index (χ1v) is 7.43. The third kappa shape index (κ3) is 2.39. The molecule has 2 N–H and O–H groups in total. The molecule has 1 aliphatic heterocycles. The molecule has 1 aromatic heterocycles. The molecule has 1 unspecified atom stereocenters. The second-order valence-corrected chi connectivity index (χ2v) is 5.24. The minimum Gasteiger partial charge on any atom is -0.357 e. The fraction of sp³-hybridized carbons (Fsp3) is 0.353. The predicted molar refractivity (Wildman–Crippen MR) is 84.8 cm³/mol. The molecule has 21 heavy (non-hydrogen) atoms. The molecule has 0 radical (unpaired) electrons. The maximum atomic E-state index is 12.0. The van der Waals surface area contributed by atoms with Crippen LogP contribution in [0.15, 0.2) is 35.0 Å². The number of nitrogens with zero attached hydrogens (tertiary/aromatic N) is 1. The van der Waals surface area contributed by atoms with Crippen LogP contribution in [-0.4, -0.2) is 29.7 Å². The van der Waals surface area contributed by atoms with E-state index in [1.54, 1.807) is 0 Å². The van der Waals surface area contributed by atoms with Gasteiger partial charge in [-0.2, -0.15) is 0 Å². The third-order valence-corrected chi connectivity index (χ3v) is 3.96. The van der Waals surface area contributed by atoms with Crippen LogP contribution in [0.4, 0.5) is 0 Å². The van der Waals surface area contributed by atoms with Crippen LogP contribution in [0.3, 0.4) is 0 Å². The van der Waals surface area contributed by atoms with Crippen molar-refractivity contribution in [1.82, 2.24) is 10.3 Å². The first-order chi connectivity index (χ1) is 10.2.